The van der Waals surface area contributed by atoms with Gasteiger partial charge in [0.15, 0.2) is 0 Å². The number of hydrogen-bond acceptors (Lipinski definition) is 4. The number of oxime groups is 1. The summed E-state index contributed by atoms with van der Waals surface area (Å²) in [6.45, 7) is 0.569. The van der Waals surface area contributed by atoms with Crippen LogP contribution in [-0.4, -0.2) is 21.1 Å². The second-order valence-electron chi connectivity index (χ2n) is 1.24. The average Bonchev–Trinajstić information content (AvgIpc) is 2.14. The summed E-state index contributed by atoms with van der Waals surface area (Å²) >= 11 is 6.01. The fraction of sp³-hybridized carbons (Fsp3) is 0.333. The van der Waals surface area contributed by atoms with Gasteiger partial charge in [-0.3, -0.25) is 0 Å². The van der Waals surface area contributed by atoms with Crippen molar-refractivity contribution in [3.05, 3.63) is 0 Å². The molecule has 1 heterocycles. The molecular formula is C3H4N2OS2. The summed E-state index contributed by atoms with van der Waals surface area (Å²) < 4.78 is 0.679. The van der Waals surface area contributed by atoms with Crippen LogP contribution in [0.25, 0.3) is 0 Å². The number of thiocarbonyl (C=S) groups is 1. The smallest absolute Gasteiger partial charge is 0.140 e. The van der Waals surface area contributed by atoms with Crippen LogP contribution in [0.1, 0.15) is 0 Å². The summed E-state index contributed by atoms with van der Waals surface area (Å²) in [5.41, 5.74) is 0. The van der Waals surface area contributed by atoms with Crippen LogP contribution < -0.4 is 5.32 Å². The summed E-state index contributed by atoms with van der Waals surface area (Å²) in [5, 5.41) is 14.6. The molecule has 1 aliphatic heterocycles. The third-order valence-corrected chi connectivity index (χ3v) is 1.89. The Morgan fingerprint density at radius 2 is 2.62 bits per heavy atom. The number of thioether (sulfide) groups is 1. The van der Waals surface area contributed by atoms with E-state index in [4.69, 9.17) is 17.4 Å². The van der Waals surface area contributed by atoms with Crippen LogP contribution in [0.2, 0.25) is 0 Å². The van der Waals surface area contributed by atoms with E-state index in [0.717, 1.165) is 0 Å². The molecule has 44 valence electrons. The van der Waals surface area contributed by atoms with Crippen LogP contribution in [0.15, 0.2) is 5.16 Å². The molecule has 0 amide bonds. The highest BCUT2D eigenvalue weighted by atomic mass is 32.2. The molecule has 0 aromatic heterocycles. The van der Waals surface area contributed by atoms with Gasteiger partial charge in [0.2, 0.25) is 0 Å². The molecule has 0 bridgehead atoms. The third-order valence-electron chi connectivity index (χ3n) is 0.706. The van der Waals surface area contributed by atoms with E-state index < -0.39 is 0 Å². The maximum absolute atomic E-state index is 8.15. The molecule has 2 N–H and O–H groups in total. The SMILES string of the molecule is ON=C1CNC(=S)S1. The maximum atomic E-state index is 8.15. The van der Waals surface area contributed by atoms with Crippen molar-refractivity contribution in [1.29, 1.82) is 0 Å². The fourth-order valence-corrected chi connectivity index (χ4v) is 1.29. The lowest BCUT2D eigenvalue weighted by atomic mass is 10.7. The van der Waals surface area contributed by atoms with Crippen LogP contribution >= 0.6 is 24.0 Å². The molecule has 5 heteroatoms. The van der Waals surface area contributed by atoms with E-state index in [1.54, 1.807) is 0 Å². The van der Waals surface area contributed by atoms with Gasteiger partial charge in [0.05, 0.1) is 6.54 Å². The van der Waals surface area contributed by atoms with Gasteiger partial charge >= 0.3 is 0 Å². The standard InChI is InChI=1S/C3H4N2OS2/c6-5-2-1-4-3(7)8-2/h6H,1H2,(H,4,7). The Hall–Kier alpha value is -0.290. The molecule has 0 radical (unpaired) electrons. The summed E-state index contributed by atoms with van der Waals surface area (Å²) in [6.07, 6.45) is 0. The van der Waals surface area contributed by atoms with Gasteiger partial charge in [-0.2, -0.15) is 0 Å². The normalized spacial score (nSPS) is 24.0. The Kier molecular flexibility index (Phi) is 1.69. The molecule has 0 saturated carbocycles. The maximum Gasteiger partial charge on any atom is 0.140 e. The molecule has 1 aliphatic rings. The summed E-state index contributed by atoms with van der Waals surface area (Å²) in [6, 6.07) is 0. The topological polar surface area (TPSA) is 44.6 Å². The zero-order valence-corrected chi connectivity index (χ0v) is 5.55. The van der Waals surface area contributed by atoms with Crippen molar-refractivity contribution in [3.8, 4) is 0 Å². The van der Waals surface area contributed by atoms with Crippen molar-refractivity contribution in [2.45, 2.75) is 0 Å². The predicted octanol–water partition coefficient (Wildman–Crippen LogP) is 0.395. The van der Waals surface area contributed by atoms with Gasteiger partial charge in [-0.1, -0.05) is 17.4 Å². The van der Waals surface area contributed by atoms with E-state index >= 15 is 0 Å². The molecular weight excluding hydrogens is 144 g/mol. The van der Waals surface area contributed by atoms with Gasteiger partial charge in [0.25, 0.3) is 0 Å². The molecule has 1 fully saturated rings. The van der Waals surface area contributed by atoms with E-state index in [9.17, 15) is 0 Å². The van der Waals surface area contributed by atoms with Crippen LogP contribution in [0, 0.1) is 0 Å². The van der Waals surface area contributed by atoms with Crippen molar-refractivity contribution < 1.29 is 5.21 Å². The molecule has 0 aliphatic carbocycles. The van der Waals surface area contributed by atoms with Gasteiger partial charge in [-0.25, -0.2) is 0 Å². The molecule has 8 heavy (non-hydrogen) atoms. The minimum atomic E-state index is 0.569. The second-order valence-corrected chi connectivity index (χ2v) is 2.99. The number of rotatable bonds is 0. The quantitative estimate of drug-likeness (QED) is 0.296. The van der Waals surface area contributed by atoms with Crippen LogP contribution in [0.3, 0.4) is 0 Å². The molecule has 1 rings (SSSR count). The van der Waals surface area contributed by atoms with Crippen molar-refractivity contribution >= 4 is 33.3 Å². The van der Waals surface area contributed by atoms with Crippen molar-refractivity contribution in [3.63, 3.8) is 0 Å². The highest BCUT2D eigenvalue weighted by Gasteiger charge is 2.12. The van der Waals surface area contributed by atoms with Gasteiger partial charge in [0.1, 0.15) is 9.36 Å². The molecule has 1 saturated heterocycles. The van der Waals surface area contributed by atoms with Gasteiger partial charge < -0.3 is 10.5 Å². The lowest BCUT2D eigenvalue weighted by Crippen LogP contribution is -2.11. The number of nitrogens with zero attached hydrogens (tertiary/aromatic N) is 1. The number of nitrogens with one attached hydrogen (secondary N) is 1. The first-order valence-corrected chi connectivity index (χ1v) is 3.22. The van der Waals surface area contributed by atoms with E-state index in [-0.39, 0.29) is 0 Å². The Bertz CT molecular complexity index is 144. The van der Waals surface area contributed by atoms with Crippen molar-refractivity contribution in [2.24, 2.45) is 5.16 Å². The molecule has 0 aromatic rings. The first-order chi connectivity index (χ1) is 3.83. The van der Waals surface area contributed by atoms with E-state index in [0.29, 0.717) is 15.9 Å². The monoisotopic (exact) mass is 148 g/mol. The lowest BCUT2D eigenvalue weighted by Gasteiger charge is -1.81. The van der Waals surface area contributed by atoms with Crippen molar-refractivity contribution in [2.75, 3.05) is 6.54 Å². The van der Waals surface area contributed by atoms with E-state index in [1.807, 2.05) is 0 Å². The zero-order valence-electron chi connectivity index (χ0n) is 3.92. The van der Waals surface area contributed by atoms with Crippen LogP contribution in [0.4, 0.5) is 0 Å². The van der Waals surface area contributed by atoms with Gasteiger partial charge in [0, 0.05) is 0 Å². The number of hydrogen-bond donors (Lipinski definition) is 2. The highest BCUT2D eigenvalue weighted by molar-refractivity contribution is 8.33. The minimum absolute atomic E-state index is 0.569. The average molecular weight is 148 g/mol. The Balaban J connectivity index is 2.56. The fourth-order valence-electron chi connectivity index (χ4n) is 0.383. The van der Waals surface area contributed by atoms with E-state index in [1.165, 1.54) is 11.8 Å². The molecule has 3 nitrogen and oxygen atoms in total. The molecule has 0 unspecified atom stereocenters. The summed E-state index contributed by atoms with van der Waals surface area (Å²) in [4.78, 5) is 0. The lowest BCUT2D eigenvalue weighted by molar-refractivity contribution is 0.320. The van der Waals surface area contributed by atoms with Crippen LogP contribution in [0.5, 0.6) is 0 Å². The Morgan fingerprint density at radius 1 is 1.88 bits per heavy atom. The predicted molar refractivity (Wildman–Crippen MR) is 37.4 cm³/mol. The minimum Gasteiger partial charge on any atom is -0.410 e. The highest BCUT2D eigenvalue weighted by Crippen LogP contribution is 2.10. The Morgan fingerprint density at radius 3 is 2.88 bits per heavy atom. The summed E-state index contributed by atoms with van der Waals surface area (Å²) in [7, 11) is 0. The molecule has 0 atom stereocenters. The van der Waals surface area contributed by atoms with Crippen LogP contribution in [-0.2, 0) is 0 Å². The molecule has 0 spiro atoms. The first kappa shape index (κ1) is 5.84. The first-order valence-electron chi connectivity index (χ1n) is 1.99. The van der Waals surface area contributed by atoms with E-state index in [2.05, 4.69) is 10.5 Å². The van der Waals surface area contributed by atoms with Gasteiger partial charge in [-0.05, 0) is 11.8 Å². The second kappa shape index (κ2) is 2.32. The Labute approximate surface area is 56.1 Å². The summed E-state index contributed by atoms with van der Waals surface area (Å²) in [5.74, 6) is 0. The third kappa shape index (κ3) is 1.10. The van der Waals surface area contributed by atoms with Crippen molar-refractivity contribution in [1.82, 2.24) is 5.32 Å². The molecule has 0 aromatic carbocycles. The van der Waals surface area contributed by atoms with Gasteiger partial charge in [-0.15, -0.1) is 0 Å². The largest absolute Gasteiger partial charge is 0.410 e. The zero-order chi connectivity index (χ0) is 5.98.